The van der Waals surface area contributed by atoms with E-state index in [0.29, 0.717) is 5.69 Å². The Bertz CT molecular complexity index is 1080. The van der Waals surface area contributed by atoms with Gasteiger partial charge in [0.15, 0.2) is 0 Å². The quantitative estimate of drug-likeness (QED) is 0.573. The predicted octanol–water partition coefficient (Wildman–Crippen LogP) is 2.03. The fraction of sp³-hybridized carbons (Fsp3) is 0.200. The van der Waals surface area contributed by atoms with Crippen LogP contribution >= 0.6 is 0 Å². The van der Waals surface area contributed by atoms with E-state index in [2.05, 4.69) is 11.3 Å². The molecule has 0 radical (unpaired) electrons. The molecule has 1 amide bonds. The maximum absolute atomic E-state index is 14.2. The fourth-order valence-corrected chi connectivity index (χ4v) is 4.29. The Morgan fingerprint density at radius 3 is 2.72 bits per heavy atom. The van der Waals surface area contributed by atoms with Gasteiger partial charge >= 0.3 is 5.97 Å². The van der Waals surface area contributed by atoms with Gasteiger partial charge in [0, 0.05) is 24.2 Å². The molecule has 0 fully saturated rings. The number of sulfonamides is 1. The molecule has 0 saturated carbocycles. The highest BCUT2D eigenvalue weighted by Gasteiger charge is 2.39. The molecular weight excluding hydrogens is 399 g/mol. The van der Waals surface area contributed by atoms with Gasteiger partial charge in [-0.05, 0) is 29.8 Å². The molecule has 1 aliphatic heterocycles. The SMILES string of the molecule is C=CCNS(=O)(=O)c1cc(C(=O)N2c3ccccc3CC2C(=O)OC)ccc1F. The average molecular weight is 418 g/mol. The number of para-hydroxylation sites is 1. The van der Waals surface area contributed by atoms with Gasteiger partial charge in [0.05, 0.1) is 7.11 Å². The van der Waals surface area contributed by atoms with Gasteiger partial charge in [0.1, 0.15) is 16.8 Å². The molecule has 152 valence electrons. The van der Waals surface area contributed by atoms with Crippen LogP contribution in [0.3, 0.4) is 0 Å². The lowest BCUT2D eigenvalue weighted by Gasteiger charge is -2.24. The number of nitrogens with zero attached hydrogens (tertiary/aromatic N) is 1. The van der Waals surface area contributed by atoms with Crippen LogP contribution in [0.25, 0.3) is 0 Å². The first-order chi connectivity index (χ1) is 13.8. The van der Waals surface area contributed by atoms with E-state index in [0.717, 1.165) is 17.7 Å². The van der Waals surface area contributed by atoms with Crippen molar-refractivity contribution in [1.82, 2.24) is 4.72 Å². The summed E-state index contributed by atoms with van der Waals surface area (Å²) in [7, 11) is -2.96. The zero-order chi connectivity index (χ0) is 21.2. The van der Waals surface area contributed by atoms with Crippen LogP contribution in [0.15, 0.2) is 60.0 Å². The molecule has 3 rings (SSSR count). The number of carbonyl (C=O) groups excluding carboxylic acids is 2. The first kappa shape index (κ1) is 20.7. The summed E-state index contributed by atoms with van der Waals surface area (Å²) in [6.07, 6.45) is 1.58. The second-order valence-corrected chi connectivity index (χ2v) is 8.07. The third kappa shape index (κ3) is 3.92. The number of nitrogens with one attached hydrogen (secondary N) is 1. The Balaban J connectivity index is 2.04. The minimum absolute atomic E-state index is 0.0732. The number of anilines is 1. The Morgan fingerprint density at radius 2 is 2.03 bits per heavy atom. The van der Waals surface area contributed by atoms with Crippen molar-refractivity contribution in [3.63, 3.8) is 0 Å². The van der Waals surface area contributed by atoms with Gasteiger partial charge in [-0.2, -0.15) is 0 Å². The molecule has 1 aliphatic rings. The molecule has 1 unspecified atom stereocenters. The van der Waals surface area contributed by atoms with E-state index in [-0.39, 0.29) is 18.5 Å². The van der Waals surface area contributed by atoms with E-state index in [1.54, 1.807) is 24.3 Å². The van der Waals surface area contributed by atoms with E-state index in [9.17, 15) is 22.4 Å². The largest absolute Gasteiger partial charge is 0.467 e. The van der Waals surface area contributed by atoms with Crippen LogP contribution in [0.5, 0.6) is 0 Å². The average Bonchev–Trinajstić information content (AvgIpc) is 3.11. The molecule has 2 aromatic carbocycles. The summed E-state index contributed by atoms with van der Waals surface area (Å²) >= 11 is 0. The van der Waals surface area contributed by atoms with Crippen molar-refractivity contribution in [3.8, 4) is 0 Å². The van der Waals surface area contributed by atoms with Gasteiger partial charge in [-0.1, -0.05) is 24.3 Å². The maximum atomic E-state index is 14.2. The number of fused-ring (bicyclic) bond motifs is 1. The summed E-state index contributed by atoms with van der Waals surface area (Å²) in [5.41, 5.74) is 1.22. The van der Waals surface area contributed by atoms with Crippen molar-refractivity contribution in [3.05, 3.63) is 72.1 Å². The number of hydrogen-bond acceptors (Lipinski definition) is 5. The van der Waals surface area contributed by atoms with E-state index in [1.807, 2.05) is 0 Å². The molecule has 0 aromatic heterocycles. The van der Waals surface area contributed by atoms with Crippen molar-refractivity contribution in [1.29, 1.82) is 0 Å². The van der Waals surface area contributed by atoms with Gasteiger partial charge in [-0.25, -0.2) is 22.3 Å². The molecule has 2 aromatic rings. The number of carbonyl (C=O) groups is 2. The molecule has 1 heterocycles. The van der Waals surface area contributed by atoms with Crippen LogP contribution < -0.4 is 9.62 Å². The minimum Gasteiger partial charge on any atom is -0.467 e. The molecule has 1 N–H and O–H groups in total. The van der Waals surface area contributed by atoms with Crippen LogP contribution in [0.2, 0.25) is 0 Å². The van der Waals surface area contributed by atoms with Crippen LogP contribution in [0.4, 0.5) is 10.1 Å². The van der Waals surface area contributed by atoms with E-state index >= 15 is 0 Å². The molecule has 29 heavy (non-hydrogen) atoms. The highest BCUT2D eigenvalue weighted by molar-refractivity contribution is 7.89. The summed E-state index contributed by atoms with van der Waals surface area (Å²) in [5.74, 6) is -2.23. The van der Waals surface area contributed by atoms with Crippen molar-refractivity contribution in [2.45, 2.75) is 17.4 Å². The second-order valence-electron chi connectivity index (χ2n) is 6.33. The topological polar surface area (TPSA) is 92.8 Å². The van der Waals surface area contributed by atoms with Crippen LogP contribution in [-0.2, 0) is 26.0 Å². The molecule has 0 bridgehead atoms. The van der Waals surface area contributed by atoms with E-state index in [1.165, 1.54) is 24.2 Å². The number of benzene rings is 2. The number of methoxy groups -OCH3 is 1. The van der Waals surface area contributed by atoms with Gasteiger partial charge < -0.3 is 4.74 Å². The highest BCUT2D eigenvalue weighted by atomic mass is 32.2. The number of amides is 1. The van der Waals surface area contributed by atoms with Gasteiger partial charge in [0.25, 0.3) is 5.91 Å². The highest BCUT2D eigenvalue weighted by Crippen LogP contribution is 2.34. The summed E-state index contributed by atoms with van der Waals surface area (Å²) < 4.78 is 45.8. The molecule has 0 spiro atoms. The monoisotopic (exact) mass is 418 g/mol. The minimum atomic E-state index is -4.19. The molecule has 7 nitrogen and oxygen atoms in total. The number of hydrogen-bond donors (Lipinski definition) is 1. The lowest BCUT2D eigenvalue weighted by molar-refractivity contribution is -0.141. The first-order valence-electron chi connectivity index (χ1n) is 8.69. The third-order valence-electron chi connectivity index (χ3n) is 4.55. The van der Waals surface area contributed by atoms with E-state index < -0.39 is 38.7 Å². The summed E-state index contributed by atoms with van der Waals surface area (Å²) in [6.45, 7) is 3.31. The van der Waals surface area contributed by atoms with E-state index in [4.69, 9.17) is 4.74 Å². The number of rotatable bonds is 6. The smallest absolute Gasteiger partial charge is 0.329 e. The van der Waals surface area contributed by atoms with Crippen LogP contribution in [-0.4, -0.2) is 40.0 Å². The first-order valence-corrected chi connectivity index (χ1v) is 10.2. The lowest BCUT2D eigenvalue weighted by Crippen LogP contribution is -2.43. The van der Waals surface area contributed by atoms with Gasteiger partial charge in [-0.3, -0.25) is 9.69 Å². The molecule has 1 atom stereocenters. The van der Waals surface area contributed by atoms with Crippen molar-refractivity contribution < 1.29 is 27.1 Å². The van der Waals surface area contributed by atoms with Crippen LogP contribution in [0.1, 0.15) is 15.9 Å². The molecule has 9 heteroatoms. The molecular formula is C20H19FN2O5S. The Morgan fingerprint density at radius 1 is 1.31 bits per heavy atom. The third-order valence-corrected chi connectivity index (χ3v) is 5.99. The Labute approximate surface area is 167 Å². The zero-order valence-electron chi connectivity index (χ0n) is 15.6. The summed E-state index contributed by atoms with van der Waals surface area (Å²) in [4.78, 5) is 26.0. The standard InChI is InChI=1S/C20H19FN2O5S/c1-3-10-22-29(26,27)18-12-14(8-9-15(18)21)19(24)23-16-7-5-4-6-13(16)11-17(23)20(25)28-2/h3-9,12,17,22H,1,10-11H2,2H3. The predicted molar refractivity (Wildman–Crippen MR) is 105 cm³/mol. The Hall–Kier alpha value is -3.04. The second kappa shape index (κ2) is 8.14. The number of ether oxygens (including phenoxy) is 1. The number of esters is 1. The molecule has 0 saturated heterocycles. The van der Waals surface area contributed by atoms with Gasteiger partial charge in [-0.15, -0.1) is 6.58 Å². The van der Waals surface area contributed by atoms with Crippen molar-refractivity contribution in [2.75, 3.05) is 18.6 Å². The fourth-order valence-electron chi connectivity index (χ4n) is 3.19. The van der Waals surface area contributed by atoms with Crippen molar-refractivity contribution >= 4 is 27.6 Å². The maximum Gasteiger partial charge on any atom is 0.329 e. The zero-order valence-corrected chi connectivity index (χ0v) is 16.4. The lowest BCUT2D eigenvalue weighted by atomic mass is 10.1. The Kier molecular flexibility index (Phi) is 5.81. The number of halogens is 1. The van der Waals surface area contributed by atoms with Crippen molar-refractivity contribution in [2.24, 2.45) is 0 Å². The van der Waals surface area contributed by atoms with Crippen LogP contribution in [0, 0.1) is 5.82 Å². The normalized spacial score (nSPS) is 15.7. The summed E-state index contributed by atoms with van der Waals surface area (Å²) in [5, 5.41) is 0. The summed E-state index contributed by atoms with van der Waals surface area (Å²) in [6, 6.07) is 9.13. The van der Waals surface area contributed by atoms with Gasteiger partial charge in [0.2, 0.25) is 10.0 Å². The molecule has 0 aliphatic carbocycles.